The van der Waals surface area contributed by atoms with Crippen LogP contribution >= 0.6 is 24.0 Å². The van der Waals surface area contributed by atoms with E-state index in [0.717, 1.165) is 64.1 Å². The Morgan fingerprint density at radius 1 is 1.27 bits per heavy atom. The van der Waals surface area contributed by atoms with Gasteiger partial charge in [-0.2, -0.15) is 0 Å². The van der Waals surface area contributed by atoms with Crippen molar-refractivity contribution in [2.45, 2.75) is 19.4 Å². The van der Waals surface area contributed by atoms with E-state index < -0.39 is 0 Å². The molecule has 2 aliphatic heterocycles. The monoisotopic (exact) mass is 474 g/mol. The maximum absolute atomic E-state index is 5.74. The van der Waals surface area contributed by atoms with Crippen LogP contribution in [0.15, 0.2) is 29.3 Å². The Morgan fingerprint density at radius 3 is 2.81 bits per heavy atom. The highest BCUT2D eigenvalue weighted by atomic mass is 127. The van der Waals surface area contributed by atoms with Crippen molar-refractivity contribution in [3.05, 3.63) is 29.8 Å². The molecular weight excluding hydrogens is 443 g/mol. The first-order valence-corrected chi connectivity index (χ1v) is 9.25. The molecule has 0 spiro atoms. The number of halogens is 1. The van der Waals surface area contributed by atoms with E-state index >= 15 is 0 Å². The third-order valence-electron chi connectivity index (χ3n) is 4.78. The lowest BCUT2D eigenvalue weighted by atomic mass is 10.0. The lowest BCUT2D eigenvalue weighted by Gasteiger charge is -2.30. The van der Waals surface area contributed by atoms with Gasteiger partial charge in [-0.15, -0.1) is 24.0 Å². The number of hydrogen-bond donors (Lipinski definition) is 2. The van der Waals surface area contributed by atoms with Gasteiger partial charge in [0.15, 0.2) is 5.96 Å². The van der Waals surface area contributed by atoms with Crippen molar-refractivity contribution in [3.8, 4) is 5.75 Å². The van der Waals surface area contributed by atoms with Gasteiger partial charge in [-0.3, -0.25) is 9.89 Å². The van der Waals surface area contributed by atoms with E-state index in [9.17, 15) is 0 Å². The van der Waals surface area contributed by atoms with E-state index in [4.69, 9.17) is 9.47 Å². The first-order chi connectivity index (χ1) is 12.3. The second-order valence-corrected chi connectivity index (χ2v) is 6.84. The van der Waals surface area contributed by atoms with E-state index in [2.05, 4.69) is 39.6 Å². The van der Waals surface area contributed by atoms with Crippen LogP contribution in [0.4, 0.5) is 0 Å². The van der Waals surface area contributed by atoms with Gasteiger partial charge in [-0.25, -0.2) is 0 Å². The maximum atomic E-state index is 5.74. The number of nitrogens with one attached hydrogen (secondary N) is 2. The summed E-state index contributed by atoms with van der Waals surface area (Å²) >= 11 is 0. The van der Waals surface area contributed by atoms with Gasteiger partial charge in [0.05, 0.1) is 25.9 Å². The molecule has 2 N–H and O–H groups in total. The largest absolute Gasteiger partial charge is 0.493 e. The third-order valence-corrected chi connectivity index (χ3v) is 4.78. The molecule has 2 aliphatic rings. The van der Waals surface area contributed by atoms with Gasteiger partial charge < -0.3 is 20.1 Å². The van der Waals surface area contributed by atoms with Gasteiger partial charge in [0.1, 0.15) is 5.75 Å². The average molecular weight is 474 g/mol. The number of rotatable bonds is 5. The summed E-state index contributed by atoms with van der Waals surface area (Å²) in [5, 5.41) is 7.02. The lowest BCUT2D eigenvalue weighted by molar-refractivity contribution is 0.0320. The number of para-hydroxylation sites is 1. The van der Waals surface area contributed by atoms with Crippen LogP contribution in [0.5, 0.6) is 5.75 Å². The Labute approximate surface area is 173 Å². The number of guanidine groups is 1. The molecule has 1 fully saturated rings. The topological polar surface area (TPSA) is 58.1 Å². The van der Waals surface area contributed by atoms with Gasteiger partial charge in [0.2, 0.25) is 0 Å². The molecule has 0 aliphatic carbocycles. The van der Waals surface area contributed by atoms with Crippen molar-refractivity contribution in [3.63, 3.8) is 0 Å². The Balaban J connectivity index is 0.00000243. The summed E-state index contributed by atoms with van der Waals surface area (Å²) in [7, 11) is 1.83. The molecule has 0 radical (unpaired) electrons. The molecule has 3 rings (SSSR count). The second kappa shape index (κ2) is 10.9. The Morgan fingerprint density at radius 2 is 2.04 bits per heavy atom. The zero-order chi connectivity index (χ0) is 17.5. The number of fused-ring (bicyclic) bond motifs is 1. The van der Waals surface area contributed by atoms with E-state index in [1.807, 2.05) is 19.2 Å². The van der Waals surface area contributed by atoms with E-state index in [1.54, 1.807) is 0 Å². The highest BCUT2D eigenvalue weighted by Crippen LogP contribution is 2.31. The first-order valence-electron chi connectivity index (χ1n) is 9.25. The second-order valence-electron chi connectivity index (χ2n) is 6.84. The van der Waals surface area contributed by atoms with Crippen LogP contribution in [0.2, 0.25) is 0 Å². The summed E-state index contributed by atoms with van der Waals surface area (Å²) in [5.41, 5.74) is 1.21. The first kappa shape index (κ1) is 21.2. The van der Waals surface area contributed by atoms with Gasteiger partial charge in [0.25, 0.3) is 0 Å². The molecule has 0 saturated carbocycles. The van der Waals surface area contributed by atoms with E-state index in [-0.39, 0.29) is 30.0 Å². The maximum Gasteiger partial charge on any atom is 0.191 e. The molecule has 2 unspecified atom stereocenters. The fourth-order valence-electron chi connectivity index (χ4n) is 3.41. The number of benzene rings is 1. The number of hydrogen-bond acceptors (Lipinski definition) is 4. The molecule has 6 nitrogen and oxygen atoms in total. The van der Waals surface area contributed by atoms with Crippen LogP contribution in [0.1, 0.15) is 24.9 Å². The summed E-state index contributed by atoms with van der Waals surface area (Å²) in [6.45, 7) is 8.79. The molecule has 26 heavy (non-hydrogen) atoms. The Bertz CT molecular complexity index is 578. The Hall–Kier alpha value is -1.06. The standard InChI is InChI=1S/C19H30N4O2.HI/c1-15(14-23-8-11-24-12-9-23)13-21-19(20-2)22-17-7-10-25-18-6-4-3-5-16(17)18;/h3-6,15,17H,7-14H2,1-2H3,(H2,20,21,22);1H. The number of ether oxygens (including phenoxy) is 2. The SMILES string of the molecule is CN=C(NCC(C)CN1CCOCC1)NC1CCOc2ccccc21.I. The van der Waals surface area contributed by atoms with Crippen LogP contribution in [0.25, 0.3) is 0 Å². The molecule has 7 heteroatoms. The highest BCUT2D eigenvalue weighted by molar-refractivity contribution is 14.0. The number of morpholine rings is 1. The molecule has 1 aromatic rings. The number of nitrogens with zero attached hydrogens (tertiary/aromatic N) is 2. The van der Waals surface area contributed by atoms with Gasteiger partial charge in [-0.1, -0.05) is 25.1 Å². The molecule has 0 amide bonds. The van der Waals surface area contributed by atoms with Gasteiger partial charge >= 0.3 is 0 Å². The van der Waals surface area contributed by atoms with Crippen LogP contribution in [0, 0.1) is 5.92 Å². The molecule has 0 aromatic heterocycles. The minimum Gasteiger partial charge on any atom is -0.493 e. The van der Waals surface area contributed by atoms with Crippen LogP contribution in [-0.2, 0) is 4.74 Å². The molecule has 1 aromatic carbocycles. The van der Waals surface area contributed by atoms with Crippen LogP contribution in [0.3, 0.4) is 0 Å². The van der Waals surface area contributed by atoms with Crippen molar-refractivity contribution in [1.82, 2.24) is 15.5 Å². The fraction of sp³-hybridized carbons (Fsp3) is 0.632. The van der Waals surface area contributed by atoms with Crippen molar-refractivity contribution in [2.24, 2.45) is 10.9 Å². The number of aliphatic imine (C=N–C) groups is 1. The summed E-state index contributed by atoms with van der Waals surface area (Å²) in [4.78, 5) is 6.87. The normalized spacial score (nSPS) is 21.8. The Kier molecular flexibility index (Phi) is 8.94. The molecule has 1 saturated heterocycles. The minimum atomic E-state index is 0. The molecule has 0 bridgehead atoms. The molecule has 2 atom stereocenters. The summed E-state index contributed by atoms with van der Waals surface area (Å²) < 4.78 is 11.1. The highest BCUT2D eigenvalue weighted by Gasteiger charge is 2.22. The van der Waals surface area contributed by atoms with E-state index in [1.165, 1.54) is 5.56 Å². The zero-order valence-corrected chi connectivity index (χ0v) is 18.1. The molecule has 2 heterocycles. The van der Waals surface area contributed by atoms with Crippen LogP contribution in [-0.4, -0.2) is 63.9 Å². The van der Waals surface area contributed by atoms with Gasteiger partial charge in [0, 0.05) is 45.2 Å². The smallest absolute Gasteiger partial charge is 0.191 e. The van der Waals surface area contributed by atoms with Crippen LogP contribution < -0.4 is 15.4 Å². The van der Waals surface area contributed by atoms with Gasteiger partial charge in [-0.05, 0) is 12.0 Å². The van der Waals surface area contributed by atoms with Crippen molar-refractivity contribution in [2.75, 3.05) is 53.0 Å². The van der Waals surface area contributed by atoms with Crippen molar-refractivity contribution >= 4 is 29.9 Å². The van der Waals surface area contributed by atoms with E-state index in [0.29, 0.717) is 5.92 Å². The molecular formula is C19H31IN4O2. The lowest BCUT2D eigenvalue weighted by Crippen LogP contribution is -2.45. The average Bonchev–Trinajstić information content (AvgIpc) is 2.66. The summed E-state index contributed by atoms with van der Waals surface area (Å²) in [5.74, 6) is 2.39. The van der Waals surface area contributed by atoms with Crippen molar-refractivity contribution < 1.29 is 9.47 Å². The fourth-order valence-corrected chi connectivity index (χ4v) is 3.41. The third kappa shape index (κ3) is 5.99. The summed E-state index contributed by atoms with van der Waals surface area (Å²) in [6.07, 6.45) is 0.945. The molecule has 146 valence electrons. The minimum absolute atomic E-state index is 0. The zero-order valence-electron chi connectivity index (χ0n) is 15.7. The van der Waals surface area contributed by atoms with Crippen molar-refractivity contribution in [1.29, 1.82) is 0 Å². The quantitative estimate of drug-likeness (QED) is 0.390. The summed E-state index contributed by atoms with van der Waals surface area (Å²) in [6, 6.07) is 8.47. The predicted molar refractivity (Wildman–Crippen MR) is 116 cm³/mol. The predicted octanol–water partition coefficient (Wildman–Crippen LogP) is 2.26.